The highest BCUT2D eigenvalue weighted by molar-refractivity contribution is 7.98. The molecule has 0 unspecified atom stereocenters. The molecule has 1 aliphatic carbocycles. The Balaban J connectivity index is 1.87. The summed E-state index contributed by atoms with van der Waals surface area (Å²) in [6, 6.07) is 7.35. The van der Waals surface area contributed by atoms with Crippen molar-refractivity contribution in [1.82, 2.24) is 5.32 Å². The predicted molar refractivity (Wildman–Crippen MR) is 133 cm³/mol. The van der Waals surface area contributed by atoms with Crippen molar-refractivity contribution in [2.75, 3.05) is 6.26 Å². The zero-order chi connectivity index (χ0) is 27.0. The van der Waals surface area contributed by atoms with Crippen LogP contribution >= 0.6 is 11.8 Å². The van der Waals surface area contributed by atoms with Gasteiger partial charge in [0.15, 0.2) is 16.9 Å². The molecule has 0 aromatic heterocycles. The lowest BCUT2D eigenvalue weighted by molar-refractivity contribution is -0.394. The number of carbonyl (C=O) groups excluding carboxylic acids is 1. The standard InChI is InChI=1S/C24H19N3O9S/c1-37-20-5-3-15-16(10-18(20)28)17(4-2-11-8-19(29)22(30)23(31)21(11)15)25-24(32)12-6-13(26(33)34)9-14(7-12)27(35)36/h3,5-10,17,29-31H,2,4H2,1H3,(H,25,32)/t17-/m0/s1. The van der Waals surface area contributed by atoms with Crippen LogP contribution in [-0.2, 0) is 6.42 Å². The van der Waals surface area contributed by atoms with Crippen LogP contribution in [0.2, 0.25) is 0 Å². The molecule has 13 heteroatoms. The van der Waals surface area contributed by atoms with E-state index in [1.165, 1.54) is 30.0 Å². The smallest absolute Gasteiger partial charge is 0.277 e. The van der Waals surface area contributed by atoms with Crippen LogP contribution < -0.4 is 10.7 Å². The van der Waals surface area contributed by atoms with Crippen LogP contribution in [0.5, 0.6) is 17.2 Å². The summed E-state index contributed by atoms with van der Waals surface area (Å²) in [5.41, 5.74) is -0.745. The number of phenols is 3. The molecule has 12 nitrogen and oxygen atoms in total. The molecule has 0 heterocycles. The summed E-state index contributed by atoms with van der Waals surface area (Å²) in [4.78, 5) is 47.2. The van der Waals surface area contributed by atoms with Crippen molar-refractivity contribution in [3.63, 3.8) is 0 Å². The van der Waals surface area contributed by atoms with Crippen LogP contribution in [0.4, 0.5) is 11.4 Å². The number of phenolic OH excluding ortho intramolecular Hbond substituents is 3. The van der Waals surface area contributed by atoms with E-state index in [9.17, 15) is 45.1 Å². The van der Waals surface area contributed by atoms with Gasteiger partial charge in [0.25, 0.3) is 17.3 Å². The van der Waals surface area contributed by atoms with E-state index in [1.807, 2.05) is 0 Å². The Morgan fingerprint density at radius 1 is 1.00 bits per heavy atom. The van der Waals surface area contributed by atoms with Gasteiger partial charge in [-0.1, -0.05) is 6.07 Å². The van der Waals surface area contributed by atoms with Crippen LogP contribution in [0.1, 0.15) is 33.9 Å². The molecule has 0 aliphatic heterocycles. The number of hydrogen-bond donors (Lipinski definition) is 4. The fourth-order valence-corrected chi connectivity index (χ4v) is 4.76. The molecule has 0 radical (unpaired) electrons. The first-order valence-electron chi connectivity index (χ1n) is 10.8. The van der Waals surface area contributed by atoms with Gasteiger partial charge in [0, 0.05) is 17.7 Å². The van der Waals surface area contributed by atoms with E-state index in [0.29, 0.717) is 16.0 Å². The van der Waals surface area contributed by atoms with Crippen LogP contribution in [0.25, 0.3) is 11.1 Å². The number of benzene rings is 2. The summed E-state index contributed by atoms with van der Waals surface area (Å²) < 4.78 is 0. The minimum Gasteiger partial charge on any atom is -0.504 e. The van der Waals surface area contributed by atoms with E-state index < -0.39 is 50.4 Å². The number of nitrogens with zero attached hydrogens (tertiary/aromatic N) is 2. The molecule has 4 rings (SSSR count). The average molecular weight is 525 g/mol. The second-order valence-electron chi connectivity index (χ2n) is 8.22. The highest BCUT2D eigenvalue weighted by Crippen LogP contribution is 2.48. The summed E-state index contributed by atoms with van der Waals surface area (Å²) in [5.74, 6) is -2.73. The van der Waals surface area contributed by atoms with Crippen molar-refractivity contribution >= 4 is 29.0 Å². The molecule has 0 saturated heterocycles. The molecule has 1 amide bonds. The number of hydrogen-bond acceptors (Lipinski definition) is 10. The van der Waals surface area contributed by atoms with Gasteiger partial charge in [0.1, 0.15) is 0 Å². The third-order valence-corrected chi connectivity index (χ3v) is 6.81. The molecule has 0 spiro atoms. The Hall–Kier alpha value is -4.65. The minimum absolute atomic E-state index is 0.171. The summed E-state index contributed by atoms with van der Waals surface area (Å²) in [7, 11) is 0. The molecule has 0 fully saturated rings. The van der Waals surface area contributed by atoms with Crippen LogP contribution in [0.15, 0.2) is 52.2 Å². The Morgan fingerprint density at radius 3 is 2.24 bits per heavy atom. The Morgan fingerprint density at radius 2 is 1.65 bits per heavy atom. The van der Waals surface area contributed by atoms with Gasteiger partial charge in [-0.25, -0.2) is 0 Å². The zero-order valence-electron chi connectivity index (χ0n) is 19.1. The van der Waals surface area contributed by atoms with Gasteiger partial charge < -0.3 is 20.6 Å². The highest BCUT2D eigenvalue weighted by atomic mass is 32.2. The summed E-state index contributed by atoms with van der Waals surface area (Å²) in [6.07, 6.45) is 2.06. The number of nitro groups is 2. The van der Waals surface area contributed by atoms with E-state index in [-0.39, 0.29) is 35.0 Å². The molecule has 0 bridgehead atoms. The van der Waals surface area contributed by atoms with Gasteiger partial charge in [0.2, 0.25) is 5.75 Å². The molecular weight excluding hydrogens is 506 g/mol. The van der Waals surface area contributed by atoms with Crippen molar-refractivity contribution in [2.24, 2.45) is 0 Å². The zero-order valence-corrected chi connectivity index (χ0v) is 19.9. The van der Waals surface area contributed by atoms with E-state index in [4.69, 9.17) is 0 Å². The largest absolute Gasteiger partial charge is 0.504 e. The molecule has 1 atom stereocenters. The molecule has 4 N–H and O–H groups in total. The topological polar surface area (TPSA) is 193 Å². The van der Waals surface area contributed by atoms with Crippen LogP contribution in [0.3, 0.4) is 0 Å². The second kappa shape index (κ2) is 9.78. The summed E-state index contributed by atoms with van der Waals surface area (Å²) >= 11 is 1.19. The minimum atomic E-state index is -0.869. The molecule has 3 aromatic carbocycles. The Labute approximate surface area is 212 Å². The first-order chi connectivity index (χ1) is 17.5. The lowest BCUT2D eigenvalue weighted by Crippen LogP contribution is -2.29. The van der Waals surface area contributed by atoms with Gasteiger partial charge in [0.05, 0.1) is 32.4 Å². The number of non-ortho nitro benzene ring substituents is 2. The number of aromatic hydroxyl groups is 3. The van der Waals surface area contributed by atoms with Crippen molar-refractivity contribution in [2.45, 2.75) is 23.8 Å². The maximum Gasteiger partial charge on any atom is 0.277 e. The third-order valence-electron chi connectivity index (χ3n) is 6.04. The van der Waals surface area contributed by atoms with E-state index in [0.717, 1.165) is 18.2 Å². The van der Waals surface area contributed by atoms with Gasteiger partial charge in [-0.05, 0) is 54.0 Å². The third kappa shape index (κ3) is 4.76. The first kappa shape index (κ1) is 25.4. The Bertz CT molecular complexity index is 1510. The number of rotatable bonds is 5. The number of carbonyl (C=O) groups is 1. The number of fused-ring (bicyclic) bond motifs is 3. The van der Waals surface area contributed by atoms with Crippen molar-refractivity contribution in [1.29, 1.82) is 0 Å². The number of nitro benzene ring substituents is 2. The molecule has 37 heavy (non-hydrogen) atoms. The van der Waals surface area contributed by atoms with E-state index in [2.05, 4.69) is 5.32 Å². The predicted octanol–water partition coefficient (Wildman–Crippen LogP) is 3.79. The fraction of sp³-hybridized carbons (Fsp3) is 0.167. The van der Waals surface area contributed by atoms with Gasteiger partial charge in [-0.15, -0.1) is 11.8 Å². The maximum absolute atomic E-state index is 13.2. The van der Waals surface area contributed by atoms with Crippen molar-refractivity contribution in [3.05, 3.63) is 89.6 Å². The average Bonchev–Trinajstić information content (AvgIpc) is 3.10. The van der Waals surface area contributed by atoms with Gasteiger partial charge in [-0.2, -0.15) is 0 Å². The molecule has 1 aliphatic rings. The molecule has 3 aromatic rings. The summed E-state index contributed by atoms with van der Waals surface area (Å²) in [6.45, 7) is 0. The summed E-state index contributed by atoms with van der Waals surface area (Å²) in [5, 5.41) is 56.0. The SMILES string of the molecule is CSc1ccc2c(cc1=O)[C@@H](NC(=O)c1cc([N+](=O)[O-])cc([N+](=O)[O-])c1)CCc1cc(O)c(O)c(O)c1-2. The van der Waals surface area contributed by atoms with Crippen molar-refractivity contribution < 1.29 is 30.0 Å². The van der Waals surface area contributed by atoms with Crippen molar-refractivity contribution in [3.8, 4) is 28.4 Å². The lowest BCUT2D eigenvalue weighted by atomic mass is 9.95. The van der Waals surface area contributed by atoms with E-state index >= 15 is 0 Å². The first-order valence-corrected chi connectivity index (χ1v) is 12.0. The highest BCUT2D eigenvalue weighted by Gasteiger charge is 2.29. The monoisotopic (exact) mass is 525 g/mol. The van der Waals surface area contributed by atoms with E-state index in [1.54, 1.807) is 12.3 Å². The lowest BCUT2D eigenvalue weighted by Gasteiger charge is -2.18. The number of thioether (sulfide) groups is 1. The number of nitrogens with one attached hydrogen (secondary N) is 1. The molecule has 190 valence electrons. The molecular formula is C24H19N3O9S. The van der Waals surface area contributed by atoms with Crippen LogP contribution in [-0.4, -0.2) is 37.3 Å². The van der Waals surface area contributed by atoms with Crippen LogP contribution in [0, 0.1) is 20.2 Å². The molecule has 0 saturated carbocycles. The van der Waals surface area contributed by atoms with Gasteiger partial charge >= 0.3 is 0 Å². The van der Waals surface area contributed by atoms with Gasteiger partial charge in [-0.3, -0.25) is 29.8 Å². The number of aryl methyl sites for hydroxylation is 1. The fourth-order valence-electron chi connectivity index (χ4n) is 4.29. The number of amides is 1. The Kier molecular flexibility index (Phi) is 6.72. The maximum atomic E-state index is 13.2. The quantitative estimate of drug-likeness (QED) is 0.165. The normalized spacial score (nSPS) is 14.1. The second-order valence-corrected chi connectivity index (χ2v) is 9.07.